The van der Waals surface area contributed by atoms with Crippen molar-refractivity contribution in [3.63, 3.8) is 0 Å². The van der Waals surface area contributed by atoms with Crippen molar-refractivity contribution in [3.8, 4) is 5.75 Å². The quantitative estimate of drug-likeness (QED) is 0.888. The van der Waals surface area contributed by atoms with Gasteiger partial charge in [-0.2, -0.15) is 0 Å². The Bertz CT molecular complexity index is 693. The highest BCUT2D eigenvalue weighted by molar-refractivity contribution is 5.86. The molecular weight excluding hydrogens is 299 g/mol. The highest BCUT2D eigenvalue weighted by Crippen LogP contribution is 2.27. The molecule has 0 radical (unpaired) electrons. The fourth-order valence-electron chi connectivity index (χ4n) is 2.26. The summed E-state index contributed by atoms with van der Waals surface area (Å²) in [5, 5.41) is 2.75. The third kappa shape index (κ3) is 3.48. The zero-order valence-corrected chi connectivity index (χ0v) is 13.3. The average molecular weight is 318 g/mol. The van der Waals surface area contributed by atoms with Gasteiger partial charge in [0.15, 0.2) is 5.60 Å². The third-order valence-electron chi connectivity index (χ3n) is 3.76. The van der Waals surface area contributed by atoms with Gasteiger partial charge < -0.3 is 14.8 Å². The summed E-state index contributed by atoms with van der Waals surface area (Å²) in [7, 11) is 2.90. The number of hydrogen-bond acceptors (Lipinski definition) is 4. The minimum Gasteiger partial charge on any atom is -0.495 e. The standard InChI is InChI=1S/C17H19FN2O3/c1-17(23-3,13-6-4-5-7-14(13)18)16(21)20-10-12-8-9-19-11-15(12)22-2/h4-9,11H,10H2,1-3H3,(H,20,21)/t17-/m1/s1. The molecule has 5 nitrogen and oxygen atoms in total. The Kier molecular flexibility index (Phi) is 5.28. The van der Waals surface area contributed by atoms with Crippen LogP contribution in [0.3, 0.4) is 0 Å². The lowest BCUT2D eigenvalue weighted by molar-refractivity contribution is -0.143. The highest BCUT2D eigenvalue weighted by atomic mass is 19.1. The summed E-state index contributed by atoms with van der Waals surface area (Å²) in [5.74, 6) is -0.365. The zero-order chi connectivity index (χ0) is 16.9. The minimum absolute atomic E-state index is 0.182. The van der Waals surface area contributed by atoms with Crippen LogP contribution in [0, 0.1) is 5.82 Å². The van der Waals surface area contributed by atoms with Crippen molar-refractivity contribution in [2.75, 3.05) is 14.2 Å². The molecule has 0 saturated carbocycles. The maximum Gasteiger partial charge on any atom is 0.256 e. The first-order valence-corrected chi connectivity index (χ1v) is 7.08. The minimum atomic E-state index is -1.42. The molecule has 0 aliphatic rings. The predicted octanol–water partition coefficient (Wildman–Crippen LogP) is 2.41. The predicted molar refractivity (Wildman–Crippen MR) is 83.4 cm³/mol. The Hall–Kier alpha value is -2.47. The van der Waals surface area contributed by atoms with Crippen LogP contribution in [-0.2, 0) is 21.7 Å². The Morgan fingerprint density at radius 1 is 1.30 bits per heavy atom. The molecule has 1 heterocycles. The number of benzene rings is 1. The number of aromatic nitrogens is 1. The SMILES string of the molecule is COc1cnccc1CNC(=O)[C@](C)(OC)c1ccccc1F. The second-order valence-electron chi connectivity index (χ2n) is 5.09. The summed E-state index contributed by atoms with van der Waals surface area (Å²) in [4.78, 5) is 16.5. The molecule has 1 N–H and O–H groups in total. The van der Waals surface area contributed by atoms with Crippen molar-refractivity contribution in [1.82, 2.24) is 10.3 Å². The number of ether oxygens (including phenoxy) is 2. The van der Waals surface area contributed by atoms with E-state index in [1.165, 1.54) is 33.3 Å². The van der Waals surface area contributed by atoms with Gasteiger partial charge in [-0.3, -0.25) is 9.78 Å². The van der Waals surface area contributed by atoms with Crippen molar-refractivity contribution in [1.29, 1.82) is 0 Å². The third-order valence-corrected chi connectivity index (χ3v) is 3.76. The maximum absolute atomic E-state index is 14.0. The second kappa shape index (κ2) is 7.19. The molecule has 1 aromatic heterocycles. The number of pyridine rings is 1. The molecule has 1 aromatic carbocycles. The van der Waals surface area contributed by atoms with Crippen LogP contribution in [0.4, 0.5) is 4.39 Å². The molecule has 0 saturated heterocycles. The Balaban J connectivity index is 2.19. The number of methoxy groups -OCH3 is 2. The first-order valence-electron chi connectivity index (χ1n) is 7.08. The van der Waals surface area contributed by atoms with Gasteiger partial charge in [0.2, 0.25) is 0 Å². The van der Waals surface area contributed by atoms with Crippen LogP contribution in [0.5, 0.6) is 5.75 Å². The number of nitrogens with zero attached hydrogens (tertiary/aromatic N) is 1. The van der Waals surface area contributed by atoms with Gasteiger partial charge in [-0.05, 0) is 19.1 Å². The maximum atomic E-state index is 14.0. The Morgan fingerprint density at radius 2 is 2.04 bits per heavy atom. The van der Waals surface area contributed by atoms with E-state index in [1.807, 2.05) is 0 Å². The monoisotopic (exact) mass is 318 g/mol. The zero-order valence-electron chi connectivity index (χ0n) is 13.3. The van der Waals surface area contributed by atoms with E-state index in [0.29, 0.717) is 5.75 Å². The molecule has 1 atom stereocenters. The van der Waals surface area contributed by atoms with Crippen LogP contribution in [0.25, 0.3) is 0 Å². The number of hydrogen-bond donors (Lipinski definition) is 1. The van der Waals surface area contributed by atoms with Gasteiger partial charge in [-0.25, -0.2) is 4.39 Å². The highest BCUT2D eigenvalue weighted by Gasteiger charge is 2.37. The Morgan fingerprint density at radius 3 is 2.70 bits per heavy atom. The molecule has 0 spiro atoms. The number of nitrogens with one attached hydrogen (secondary N) is 1. The lowest BCUT2D eigenvalue weighted by atomic mass is 9.94. The van der Waals surface area contributed by atoms with Crippen molar-refractivity contribution >= 4 is 5.91 Å². The first-order chi connectivity index (χ1) is 11.0. The van der Waals surface area contributed by atoms with E-state index >= 15 is 0 Å². The summed E-state index contributed by atoms with van der Waals surface area (Å²) in [6.07, 6.45) is 3.17. The normalized spacial score (nSPS) is 13.2. The van der Waals surface area contributed by atoms with Crippen molar-refractivity contribution in [2.45, 2.75) is 19.1 Å². The van der Waals surface area contributed by atoms with E-state index in [9.17, 15) is 9.18 Å². The van der Waals surface area contributed by atoms with Crippen LogP contribution in [-0.4, -0.2) is 25.1 Å². The van der Waals surface area contributed by atoms with E-state index in [4.69, 9.17) is 9.47 Å². The van der Waals surface area contributed by atoms with Crippen LogP contribution >= 0.6 is 0 Å². The molecular formula is C17H19FN2O3. The van der Waals surface area contributed by atoms with E-state index < -0.39 is 17.3 Å². The molecule has 6 heteroatoms. The first kappa shape index (κ1) is 16.9. The summed E-state index contributed by atoms with van der Waals surface area (Å²) < 4.78 is 24.5. The number of carbonyl (C=O) groups excluding carboxylic acids is 1. The van der Waals surface area contributed by atoms with Crippen LogP contribution < -0.4 is 10.1 Å². The van der Waals surface area contributed by atoms with Gasteiger partial charge >= 0.3 is 0 Å². The van der Waals surface area contributed by atoms with Gasteiger partial charge in [0.05, 0.1) is 13.3 Å². The van der Waals surface area contributed by atoms with Gasteiger partial charge in [0, 0.05) is 31.0 Å². The van der Waals surface area contributed by atoms with Gasteiger partial charge in [-0.15, -0.1) is 0 Å². The fraction of sp³-hybridized carbons (Fsp3) is 0.294. The molecule has 0 aliphatic heterocycles. The van der Waals surface area contributed by atoms with Crippen LogP contribution in [0.2, 0.25) is 0 Å². The molecule has 0 unspecified atom stereocenters. The van der Waals surface area contributed by atoms with Gasteiger partial charge in [0.25, 0.3) is 5.91 Å². The van der Waals surface area contributed by atoms with Crippen molar-refractivity contribution < 1.29 is 18.7 Å². The number of amides is 1. The van der Waals surface area contributed by atoms with Crippen LogP contribution in [0.1, 0.15) is 18.1 Å². The Labute approximate surface area is 134 Å². The summed E-state index contributed by atoms with van der Waals surface area (Å²) >= 11 is 0. The van der Waals surface area contributed by atoms with E-state index in [0.717, 1.165) is 5.56 Å². The number of rotatable bonds is 6. The molecule has 0 bridgehead atoms. The topological polar surface area (TPSA) is 60.5 Å². The lowest BCUT2D eigenvalue weighted by Gasteiger charge is -2.27. The van der Waals surface area contributed by atoms with E-state index in [2.05, 4.69) is 10.3 Å². The molecule has 0 fully saturated rings. The lowest BCUT2D eigenvalue weighted by Crippen LogP contribution is -2.44. The molecule has 23 heavy (non-hydrogen) atoms. The van der Waals surface area contributed by atoms with Gasteiger partial charge in [0.1, 0.15) is 11.6 Å². The van der Waals surface area contributed by atoms with E-state index in [-0.39, 0.29) is 12.1 Å². The molecule has 2 rings (SSSR count). The summed E-state index contributed by atoms with van der Waals surface area (Å²) in [5.41, 5.74) is -0.476. The van der Waals surface area contributed by atoms with Crippen molar-refractivity contribution in [2.24, 2.45) is 0 Å². The molecule has 0 aliphatic carbocycles. The summed E-state index contributed by atoms with van der Waals surface area (Å²) in [6.45, 7) is 1.75. The molecule has 2 aromatic rings. The number of halogens is 1. The molecule has 1 amide bonds. The largest absolute Gasteiger partial charge is 0.495 e. The number of carbonyl (C=O) groups is 1. The van der Waals surface area contributed by atoms with Crippen LogP contribution in [0.15, 0.2) is 42.7 Å². The van der Waals surface area contributed by atoms with E-state index in [1.54, 1.807) is 30.6 Å². The van der Waals surface area contributed by atoms with Crippen molar-refractivity contribution in [3.05, 3.63) is 59.7 Å². The summed E-state index contributed by atoms with van der Waals surface area (Å²) in [6, 6.07) is 7.80. The molecule has 122 valence electrons. The average Bonchev–Trinajstić information content (AvgIpc) is 2.59. The fourth-order valence-corrected chi connectivity index (χ4v) is 2.26. The second-order valence-corrected chi connectivity index (χ2v) is 5.09. The smallest absolute Gasteiger partial charge is 0.256 e. The van der Waals surface area contributed by atoms with Gasteiger partial charge in [-0.1, -0.05) is 18.2 Å².